The summed E-state index contributed by atoms with van der Waals surface area (Å²) in [6.07, 6.45) is 65.2. The molecular weight excluding hydrogens is 770 g/mol. The van der Waals surface area contributed by atoms with E-state index in [0.717, 1.165) is 103 Å². The second kappa shape index (κ2) is 47.0. The van der Waals surface area contributed by atoms with Gasteiger partial charge in [-0.1, -0.05) is 167 Å². The molecule has 8 nitrogen and oxygen atoms in total. The van der Waals surface area contributed by atoms with E-state index in [-0.39, 0.29) is 38.8 Å². The maximum absolute atomic E-state index is 12.6. The fraction of sp³-hybridized carbons (Fsp3) is 0.588. The fourth-order valence-electron chi connectivity index (χ4n) is 5.58. The summed E-state index contributed by atoms with van der Waals surface area (Å²) in [7, 11) is -4.30. The van der Waals surface area contributed by atoms with Gasteiger partial charge in [0.2, 0.25) is 0 Å². The van der Waals surface area contributed by atoms with Crippen molar-refractivity contribution in [1.82, 2.24) is 0 Å². The zero-order valence-corrected chi connectivity index (χ0v) is 38.5. The molecule has 0 aliphatic heterocycles. The van der Waals surface area contributed by atoms with Crippen LogP contribution in [0.1, 0.15) is 155 Å². The highest BCUT2D eigenvalue weighted by molar-refractivity contribution is 7.47. The number of carbonyl (C=O) groups excluding carboxylic acids is 1. The van der Waals surface area contributed by atoms with E-state index in [1.54, 1.807) is 0 Å². The van der Waals surface area contributed by atoms with E-state index < -0.39 is 13.9 Å². The van der Waals surface area contributed by atoms with Crippen molar-refractivity contribution < 1.29 is 32.8 Å². The summed E-state index contributed by atoms with van der Waals surface area (Å²) in [5.74, 6) is -0.381. The minimum absolute atomic E-state index is 0.0825. The molecule has 2 unspecified atom stereocenters. The Morgan fingerprint density at radius 3 is 1.32 bits per heavy atom. The number of hydrogen-bond acceptors (Lipinski definition) is 7. The van der Waals surface area contributed by atoms with E-state index in [0.29, 0.717) is 13.0 Å². The normalized spacial score (nSPS) is 14.5. The third kappa shape index (κ3) is 46.0. The van der Waals surface area contributed by atoms with E-state index >= 15 is 0 Å². The molecule has 0 aromatic heterocycles. The average molecular weight is 854 g/mol. The van der Waals surface area contributed by atoms with Crippen LogP contribution in [0.15, 0.2) is 122 Å². The summed E-state index contributed by atoms with van der Waals surface area (Å²) in [6.45, 7) is 4.57. The SMILES string of the molecule is CC/C=C\C/C=C\C/C=C\C/C=C\C/C=C\C/C=C\CCCCCCCCCOCC(COP(=O)(O)OCCN)OC(=O)CCCC/C=C\C/C=C\C/C=C\C/C=C\CC. The molecule has 0 aliphatic rings. The molecule has 0 saturated carbocycles. The predicted molar refractivity (Wildman–Crippen MR) is 256 cm³/mol. The summed E-state index contributed by atoms with van der Waals surface area (Å²) in [5.41, 5.74) is 5.37. The Hall–Kier alpha value is -3.10. The first-order valence-corrected chi connectivity index (χ1v) is 24.5. The van der Waals surface area contributed by atoms with Gasteiger partial charge in [0.1, 0.15) is 6.10 Å². The Kier molecular flexibility index (Phi) is 44.5. The molecular formula is C51H84NO7P. The Bertz CT molecular complexity index is 1320. The van der Waals surface area contributed by atoms with Crippen LogP contribution in [0.2, 0.25) is 0 Å². The van der Waals surface area contributed by atoms with Gasteiger partial charge < -0.3 is 20.1 Å². The molecule has 3 N–H and O–H groups in total. The molecule has 340 valence electrons. The van der Waals surface area contributed by atoms with Crippen LogP contribution in [-0.4, -0.2) is 49.9 Å². The second-order valence-corrected chi connectivity index (χ2v) is 16.0. The van der Waals surface area contributed by atoms with Crippen LogP contribution in [0, 0.1) is 0 Å². The van der Waals surface area contributed by atoms with Crippen molar-refractivity contribution in [3.05, 3.63) is 122 Å². The second-order valence-electron chi connectivity index (χ2n) is 14.5. The van der Waals surface area contributed by atoms with Gasteiger partial charge in [0, 0.05) is 19.6 Å². The van der Waals surface area contributed by atoms with Crippen LogP contribution in [0.25, 0.3) is 0 Å². The van der Waals surface area contributed by atoms with Gasteiger partial charge in [-0.2, -0.15) is 0 Å². The van der Waals surface area contributed by atoms with Crippen LogP contribution in [-0.2, 0) is 27.9 Å². The summed E-state index contributed by atoms with van der Waals surface area (Å²) in [5, 5.41) is 0. The number of esters is 1. The highest BCUT2D eigenvalue weighted by Crippen LogP contribution is 2.43. The van der Waals surface area contributed by atoms with Crippen LogP contribution >= 0.6 is 7.82 Å². The smallest absolute Gasteiger partial charge is 0.457 e. The fourth-order valence-corrected chi connectivity index (χ4v) is 6.34. The van der Waals surface area contributed by atoms with Gasteiger partial charge in [0.05, 0.1) is 19.8 Å². The number of rotatable bonds is 42. The first kappa shape index (κ1) is 56.9. The third-order valence-corrected chi connectivity index (χ3v) is 9.86. The van der Waals surface area contributed by atoms with Gasteiger partial charge in [0.15, 0.2) is 0 Å². The Labute approximate surface area is 366 Å². The van der Waals surface area contributed by atoms with Gasteiger partial charge in [-0.25, -0.2) is 4.57 Å². The first-order valence-electron chi connectivity index (χ1n) is 23.0. The number of carbonyl (C=O) groups is 1. The number of hydrogen-bond donors (Lipinski definition) is 2. The van der Waals surface area contributed by atoms with E-state index in [4.69, 9.17) is 24.3 Å². The Morgan fingerprint density at radius 2 is 0.883 bits per heavy atom. The quantitative estimate of drug-likeness (QED) is 0.0270. The molecule has 0 radical (unpaired) electrons. The van der Waals surface area contributed by atoms with Crippen molar-refractivity contribution in [2.45, 2.75) is 161 Å². The van der Waals surface area contributed by atoms with Crippen LogP contribution < -0.4 is 5.73 Å². The van der Waals surface area contributed by atoms with Crippen LogP contribution in [0.3, 0.4) is 0 Å². The first-order chi connectivity index (χ1) is 29.4. The van der Waals surface area contributed by atoms with E-state index in [9.17, 15) is 14.3 Å². The average Bonchev–Trinajstić information content (AvgIpc) is 3.24. The topological polar surface area (TPSA) is 117 Å². The third-order valence-electron chi connectivity index (χ3n) is 8.87. The number of nitrogens with two attached hydrogens (primary N) is 1. The molecule has 0 saturated heterocycles. The monoisotopic (exact) mass is 854 g/mol. The minimum atomic E-state index is -4.30. The lowest BCUT2D eigenvalue weighted by Crippen LogP contribution is -2.28. The van der Waals surface area contributed by atoms with E-state index in [1.165, 1.54) is 25.7 Å². The molecule has 60 heavy (non-hydrogen) atoms. The summed E-state index contributed by atoms with van der Waals surface area (Å²) in [6, 6.07) is 0. The molecule has 0 bridgehead atoms. The molecule has 0 amide bonds. The lowest BCUT2D eigenvalue weighted by atomic mass is 10.1. The van der Waals surface area contributed by atoms with Gasteiger partial charge in [0.25, 0.3) is 0 Å². The Balaban J connectivity index is 4.09. The van der Waals surface area contributed by atoms with Crippen molar-refractivity contribution in [2.75, 3.05) is 33.0 Å². The highest BCUT2D eigenvalue weighted by Gasteiger charge is 2.25. The predicted octanol–water partition coefficient (Wildman–Crippen LogP) is 14.2. The highest BCUT2D eigenvalue weighted by atomic mass is 31.2. The lowest BCUT2D eigenvalue weighted by molar-refractivity contribution is -0.154. The van der Waals surface area contributed by atoms with Crippen molar-refractivity contribution in [3.8, 4) is 0 Å². The summed E-state index contributed by atoms with van der Waals surface area (Å²) < 4.78 is 33.4. The maximum Gasteiger partial charge on any atom is 0.472 e. The molecule has 9 heteroatoms. The molecule has 0 aliphatic carbocycles. The number of allylic oxidation sites excluding steroid dienone is 20. The van der Waals surface area contributed by atoms with Gasteiger partial charge in [-0.3, -0.25) is 13.8 Å². The largest absolute Gasteiger partial charge is 0.472 e. The van der Waals surface area contributed by atoms with E-state index in [2.05, 4.69) is 135 Å². The van der Waals surface area contributed by atoms with Crippen molar-refractivity contribution >= 4 is 13.8 Å². The number of ether oxygens (including phenoxy) is 2. The summed E-state index contributed by atoms with van der Waals surface area (Å²) >= 11 is 0. The van der Waals surface area contributed by atoms with Gasteiger partial charge in [-0.05, 0) is 103 Å². The number of unbranched alkanes of at least 4 members (excludes halogenated alkanes) is 9. The molecule has 0 fully saturated rings. The molecule has 2 atom stereocenters. The Morgan fingerprint density at radius 1 is 0.500 bits per heavy atom. The molecule has 0 rings (SSSR count). The zero-order valence-electron chi connectivity index (χ0n) is 37.6. The minimum Gasteiger partial charge on any atom is -0.457 e. The van der Waals surface area contributed by atoms with Crippen LogP contribution in [0.4, 0.5) is 0 Å². The van der Waals surface area contributed by atoms with Crippen molar-refractivity contribution in [2.24, 2.45) is 5.73 Å². The molecule has 0 aromatic rings. The molecule has 0 spiro atoms. The van der Waals surface area contributed by atoms with Crippen LogP contribution in [0.5, 0.6) is 0 Å². The van der Waals surface area contributed by atoms with E-state index in [1.807, 2.05) is 0 Å². The zero-order chi connectivity index (χ0) is 43.7. The van der Waals surface area contributed by atoms with Gasteiger partial charge >= 0.3 is 13.8 Å². The number of phosphoric acid groups is 1. The maximum atomic E-state index is 12.6. The van der Waals surface area contributed by atoms with Crippen molar-refractivity contribution in [3.63, 3.8) is 0 Å². The van der Waals surface area contributed by atoms with Gasteiger partial charge in [-0.15, -0.1) is 0 Å². The standard InChI is InChI=1S/C51H84NO7P/c1-3-5-7-9-11-13-15-17-19-20-21-22-23-24-25-26-27-28-29-31-33-35-37-39-41-43-46-56-48-50(49-58-60(54,55)57-47-45-52)59-51(53)44-42-40-38-36-34-32-30-18-16-14-12-10-8-6-4-2/h5-8,11-14,17-19,21-22,24-25,27-28,30,34,36,50H,3-4,9-10,15-16,20,23,26,29,31-33,35,37-49,52H2,1-2H3,(H,54,55)/b7-5-,8-6-,13-11-,14-12-,19-17-,22-21-,25-24-,28-27-,30-18-,36-34-. The lowest BCUT2D eigenvalue weighted by Gasteiger charge is -2.20. The molecule has 0 heterocycles. The molecule has 0 aromatic carbocycles. The summed E-state index contributed by atoms with van der Waals surface area (Å²) in [4.78, 5) is 22.5. The van der Waals surface area contributed by atoms with Crippen molar-refractivity contribution in [1.29, 1.82) is 0 Å². The number of phosphoric ester groups is 1.